The molecule has 0 radical (unpaired) electrons. The standard InChI is InChI=1S/C11H15N5O4S.ClH/c1-15-3-16(8-5(15)9(21)14-11(12)13-8)10-7(19)6(18)4(2-17)20-10;/h3-4,6-7,10,17-19H,2H2,1H3,(H2-,12,13,14,21);1H/t4-,6?,7?,10+;/m0./s1. The smallest absolute Gasteiger partial charge is 0.273 e. The van der Waals surface area contributed by atoms with Crippen molar-refractivity contribution in [3.8, 4) is 0 Å². The van der Waals surface area contributed by atoms with Crippen LogP contribution in [0.5, 0.6) is 0 Å². The third-order valence-corrected chi connectivity index (χ3v) is 3.88. The quantitative estimate of drug-likeness (QED) is 0.271. The molecule has 1 aliphatic heterocycles. The molecule has 122 valence electrons. The molecule has 2 aromatic heterocycles. The van der Waals surface area contributed by atoms with Gasteiger partial charge in [0.25, 0.3) is 11.6 Å². The van der Waals surface area contributed by atoms with Gasteiger partial charge >= 0.3 is 0 Å². The Kier molecular flexibility index (Phi) is 4.70. The molecule has 0 spiro atoms. The average molecular weight is 350 g/mol. The summed E-state index contributed by atoms with van der Waals surface area (Å²) < 4.78 is 9.11. The molecule has 6 N–H and O–H groups in total. The van der Waals surface area contributed by atoms with E-state index in [1.54, 1.807) is 22.5 Å². The Labute approximate surface area is 136 Å². The first kappa shape index (κ1) is 17.1. The summed E-state index contributed by atoms with van der Waals surface area (Å²) >= 11 is 5.18. The molecule has 2 aromatic rings. The highest BCUT2D eigenvalue weighted by Gasteiger charge is 2.46. The highest BCUT2D eigenvalue weighted by atomic mass is 35.5. The average Bonchev–Trinajstić information content (AvgIpc) is 2.89. The number of imidazole rings is 1. The molecule has 2 unspecified atom stereocenters. The number of aromatic nitrogens is 4. The minimum Gasteiger partial charge on any atom is -1.00 e. The van der Waals surface area contributed by atoms with E-state index in [1.807, 2.05) is 0 Å². The summed E-state index contributed by atoms with van der Waals surface area (Å²) in [4.78, 5) is 6.85. The Hall–Kier alpha value is -1.30. The number of hydrogen-bond donors (Lipinski definition) is 5. The lowest BCUT2D eigenvalue weighted by molar-refractivity contribution is -0.745. The van der Waals surface area contributed by atoms with Crippen LogP contribution in [0.4, 0.5) is 5.95 Å². The first-order valence-corrected chi connectivity index (χ1v) is 6.73. The van der Waals surface area contributed by atoms with Crippen LogP contribution in [0, 0.1) is 4.64 Å². The van der Waals surface area contributed by atoms with Crippen molar-refractivity contribution in [3.63, 3.8) is 0 Å². The van der Waals surface area contributed by atoms with Crippen LogP contribution in [-0.4, -0.2) is 54.8 Å². The van der Waals surface area contributed by atoms with Gasteiger partial charge in [-0.1, -0.05) is 12.2 Å². The first-order chi connectivity index (χ1) is 9.93. The largest absolute Gasteiger partial charge is 1.00 e. The van der Waals surface area contributed by atoms with Crippen LogP contribution < -0.4 is 22.7 Å². The predicted molar refractivity (Wildman–Crippen MR) is 73.5 cm³/mol. The highest BCUT2D eigenvalue weighted by molar-refractivity contribution is 7.71. The number of rotatable bonds is 2. The number of aryl methyl sites for hydroxylation is 1. The van der Waals surface area contributed by atoms with Crippen LogP contribution in [0.15, 0.2) is 6.33 Å². The van der Waals surface area contributed by atoms with Crippen molar-refractivity contribution in [2.24, 2.45) is 7.05 Å². The monoisotopic (exact) mass is 349 g/mol. The second kappa shape index (κ2) is 6.07. The highest BCUT2D eigenvalue weighted by Crippen LogP contribution is 2.26. The summed E-state index contributed by atoms with van der Waals surface area (Å²) in [6.07, 6.45) is -2.43. The van der Waals surface area contributed by atoms with Gasteiger partial charge in [0, 0.05) is 0 Å². The number of ether oxygens (including phenoxy) is 1. The molecule has 4 atom stereocenters. The maximum Gasteiger partial charge on any atom is 0.273 e. The number of nitrogens with two attached hydrogens (primary N) is 1. The lowest BCUT2D eigenvalue weighted by atomic mass is 10.1. The number of nitrogens with zero attached hydrogens (tertiary/aromatic N) is 3. The normalized spacial score (nSPS) is 28.0. The van der Waals surface area contributed by atoms with Crippen LogP contribution in [0.3, 0.4) is 0 Å². The molecule has 0 aromatic carbocycles. The Morgan fingerprint density at radius 2 is 2.18 bits per heavy atom. The molecular formula is C11H16ClN5O4S. The maximum atomic E-state index is 10.1. The first-order valence-electron chi connectivity index (χ1n) is 6.32. The summed E-state index contributed by atoms with van der Waals surface area (Å²) in [5.74, 6) is 0.138. The Balaban J connectivity index is 0.00000176. The van der Waals surface area contributed by atoms with E-state index < -0.39 is 24.5 Å². The number of aliphatic hydroxyl groups is 3. The Morgan fingerprint density at radius 1 is 1.50 bits per heavy atom. The minimum atomic E-state index is -1.19. The van der Waals surface area contributed by atoms with Crippen molar-refractivity contribution in [2.75, 3.05) is 12.3 Å². The van der Waals surface area contributed by atoms with Crippen molar-refractivity contribution in [2.45, 2.75) is 24.5 Å². The van der Waals surface area contributed by atoms with E-state index in [0.29, 0.717) is 15.8 Å². The predicted octanol–water partition coefficient (Wildman–Crippen LogP) is -4.88. The van der Waals surface area contributed by atoms with Gasteiger partial charge in [-0.3, -0.25) is 4.57 Å². The van der Waals surface area contributed by atoms with Crippen LogP contribution in [0.25, 0.3) is 11.2 Å². The number of nitrogens with one attached hydrogen (secondary N) is 1. The van der Waals surface area contributed by atoms with Gasteiger partial charge in [0.15, 0.2) is 11.0 Å². The van der Waals surface area contributed by atoms with E-state index >= 15 is 0 Å². The van der Waals surface area contributed by atoms with Gasteiger partial charge in [-0.15, -0.1) is 0 Å². The molecule has 1 aliphatic rings. The third kappa shape index (κ3) is 2.47. The molecule has 3 heterocycles. The SMILES string of the molecule is Cn1c[n+]([C@@H]2O[C@@H](CO)C(O)C2O)c2[nH]c(N)nc(=S)c21.[Cl-]. The molecule has 0 bridgehead atoms. The number of aliphatic hydroxyl groups excluding tert-OH is 3. The van der Waals surface area contributed by atoms with E-state index in [-0.39, 0.29) is 25.0 Å². The van der Waals surface area contributed by atoms with Gasteiger partial charge in [-0.2, -0.15) is 4.98 Å². The van der Waals surface area contributed by atoms with Crippen LogP contribution in [-0.2, 0) is 11.8 Å². The van der Waals surface area contributed by atoms with Crippen molar-refractivity contribution in [1.82, 2.24) is 14.5 Å². The van der Waals surface area contributed by atoms with Crippen molar-refractivity contribution in [3.05, 3.63) is 11.0 Å². The number of H-pyrrole nitrogens is 1. The number of fused-ring (bicyclic) bond motifs is 1. The zero-order chi connectivity index (χ0) is 15.3. The van der Waals surface area contributed by atoms with Crippen LogP contribution in [0.2, 0.25) is 0 Å². The fourth-order valence-corrected chi connectivity index (χ4v) is 2.92. The molecule has 0 saturated carbocycles. The van der Waals surface area contributed by atoms with Gasteiger partial charge in [-0.05, 0) is 0 Å². The molecule has 0 aliphatic carbocycles. The van der Waals surface area contributed by atoms with Crippen molar-refractivity contribution < 1.29 is 37.0 Å². The second-order valence-electron chi connectivity index (χ2n) is 4.99. The summed E-state index contributed by atoms with van der Waals surface area (Å²) in [5, 5.41) is 29.1. The number of halogens is 1. The van der Waals surface area contributed by atoms with E-state index in [0.717, 1.165) is 0 Å². The summed E-state index contributed by atoms with van der Waals surface area (Å²) in [6.45, 7) is -0.389. The van der Waals surface area contributed by atoms with Gasteiger partial charge in [0.05, 0.1) is 13.7 Å². The maximum absolute atomic E-state index is 10.1. The zero-order valence-corrected chi connectivity index (χ0v) is 13.1. The molecule has 22 heavy (non-hydrogen) atoms. The minimum absolute atomic E-state index is 0. The van der Waals surface area contributed by atoms with Crippen molar-refractivity contribution in [1.29, 1.82) is 0 Å². The summed E-state index contributed by atoms with van der Waals surface area (Å²) in [7, 11) is 1.77. The fourth-order valence-electron chi connectivity index (χ4n) is 2.58. The summed E-state index contributed by atoms with van der Waals surface area (Å²) in [6, 6.07) is 0. The van der Waals surface area contributed by atoms with Gasteiger partial charge < -0.3 is 38.2 Å². The fraction of sp³-hybridized carbons (Fsp3) is 0.545. The van der Waals surface area contributed by atoms with E-state index in [2.05, 4.69) is 9.97 Å². The topological polar surface area (TPSA) is 133 Å². The zero-order valence-electron chi connectivity index (χ0n) is 11.5. The molecule has 1 saturated heterocycles. The number of nitrogen functional groups attached to an aromatic ring is 1. The van der Waals surface area contributed by atoms with Crippen LogP contribution in [0.1, 0.15) is 6.23 Å². The molecular weight excluding hydrogens is 334 g/mol. The lowest BCUT2D eigenvalue weighted by Gasteiger charge is -2.12. The van der Waals surface area contributed by atoms with Crippen LogP contribution >= 0.6 is 12.2 Å². The lowest BCUT2D eigenvalue weighted by Crippen LogP contribution is -3.00. The van der Waals surface area contributed by atoms with Crippen molar-refractivity contribution >= 4 is 29.3 Å². The number of aromatic amines is 1. The van der Waals surface area contributed by atoms with Gasteiger partial charge in [0.2, 0.25) is 11.7 Å². The van der Waals surface area contributed by atoms with E-state index in [9.17, 15) is 10.2 Å². The van der Waals surface area contributed by atoms with E-state index in [1.165, 1.54) is 0 Å². The molecule has 11 heteroatoms. The Morgan fingerprint density at radius 3 is 2.77 bits per heavy atom. The van der Waals surface area contributed by atoms with Gasteiger partial charge in [0.1, 0.15) is 18.3 Å². The second-order valence-corrected chi connectivity index (χ2v) is 5.37. The molecule has 9 nitrogen and oxygen atoms in total. The number of hydrogen-bond acceptors (Lipinski definition) is 7. The van der Waals surface area contributed by atoms with Gasteiger partial charge in [-0.25, -0.2) is 9.55 Å². The number of anilines is 1. The summed E-state index contributed by atoms with van der Waals surface area (Å²) in [5.41, 5.74) is 6.81. The Bertz CT molecular complexity index is 750. The molecule has 0 amide bonds. The molecule has 1 fully saturated rings. The third-order valence-electron chi connectivity index (χ3n) is 3.60. The van der Waals surface area contributed by atoms with E-state index in [4.69, 9.17) is 27.8 Å². The molecule has 3 rings (SSSR count).